The maximum atomic E-state index is 12.6. The molecule has 0 bridgehead atoms. The van der Waals surface area contributed by atoms with Crippen molar-refractivity contribution >= 4 is 44.2 Å². The average molecular weight is 381 g/mol. The average Bonchev–Trinajstić information content (AvgIpc) is 3.06. The number of hydrogen-bond donors (Lipinski definition) is 2. The van der Waals surface area contributed by atoms with Crippen LogP contribution in [0.15, 0.2) is 30.3 Å². The quantitative estimate of drug-likeness (QED) is 0.712. The summed E-state index contributed by atoms with van der Waals surface area (Å²) in [6, 6.07) is 9.00. The number of amides is 2. The Kier molecular flexibility index (Phi) is 3.71. The van der Waals surface area contributed by atoms with Crippen molar-refractivity contribution in [3.63, 3.8) is 0 Å². The molecule has 0 saturated heterocycles. The number of hydrogen-bond acceptors (Lipinski definition) is 6. The fraction of sp³-hybridized carbons (Fsp3) is 0.211. The van der Waals surface area contributed by atoms with Crippen LogP contribution in [0.1, 0.15) is 22.3 Å². The van der Waals surface area contributed by atoms with Crippen molar-refractivity contribution in [3.05, 3.63) is 41.5 Å². The van der Waals surface area contributed by atoms with Crippen LogP contribution in [-0.4, -0.2) is 30.0 Å². The van der Waals surface area contributed by atoms with Crippen molar-refractivity contribution in [2.24, 2.45) is 0 Å². The Balaban J connectivity index is 1.40. The Morgan fingerprint density at radius 2 is 1.93 bits per heavy atom. The van der Waals surface area contributed by atoms with Gasteiger partial charge < -0.3 is 14.8 Å². The minimum absolute atomic E-state index is 0.00448. The molecule has 1 aromatic heterocycles. The second kappa shape index (κ2) is 6.24. The Morgan fingerprint density at radius 1 is 1.11 bits per heavy atom. The van der Waals surface area contributed by atoms with Crippen molar-refractivity contribution in [2.75, 3.05) is 23.8 Å². The molecule has 0 spiro atoms. The first-order valence-electron chi connectivity index (χ1n) is 8.60. The lowest BCUT2D eigenvalue weighted by Gasteiger charge is -2.17. The predicted molar refractivity (Wildman–Crippen MR) is 102 cm³/mol. The smallest absolute Gasteiger partial charge is 0.257 e. The highest BCUT2D eigenvalue weighted by molar-refractivity contribution is 7.22. The van der Waals surface area contributed by atoms with E-state index in [1.807, 2.05) is 18.2 Å². The first-order chi connectivity index (χ1) is 13.2. The highest BCUT2D eigenvalue weighted by Gasteiger charge is 2.19. The summed E-state index contributed by atoms with van der Waals surface area (Å²) in [6.07, 6.45) is 1.07. The standard InChI is InChI=1S/C19H15N3O4S/c23-17-4-2-10-7-11(1-3-12(10)20-17)18(24)22-19-21-13-8-14-15(9-16(13)27-19)26-6-5-25-14/h1,3,7-9H,2,4-6H2,(H,20,23)(H,21,22,24). The van der Waals surface area contributed by atoms with Gasteiger partial charge in [-0.15, -0.1) is 0 Å². The molecule has 0 fully saturated rings. The summed E-state index contributed by atoms with van der Waals surface area (Å²) in [6.45, 7) is 1.05. The zero-order valence-electron chi connectivity index (χ0n) is 14.2. The first kappa shape index (κ1) is 16.1. The minimum Gasteiger partial charge on any atom is -0.486 e. The molecular formula is C19H15N3O4S. The van der Waals surface area contributed by atoms with Crippen molar-refractivity contribution in [2.45, 2.75) is 12.8 Å². The second-order valence-corrected chi connectivity index (χ2v) is 7.39. The lowest BCUT2D eigenvalue weighted by molar-refractivity contribution is -0.116. The number of anilines is 2. The number of carbonyl (C=O) groups excluding carboxylic acids is 2. The fourth-order valence-electron chi connectivity index (χ4n) is 3.21. The summed E-state index contributed by atoms with van der Waals surface area (Å²) in [7, 11) is 0. The molecule has 27 heavy (non-hydrogen) atoms. The summed E-state index contributed by atoms with van der Waals surface area (Å²) in [4.78, 5) is 28.5. The van der Waals surface area contributed by atoms with Gasteiger partial charge in [0.05, 0.1) is 10.2 Å². The molecule has 2 N–H and O–H groups in total. The summed E-state index contributed by atoms with van der Waals surface area (Å²) in [5.74, 6) is 1.15. The molecule has 0 radical (unpaired) electrons. The highest BCUT2D eigenvalue weighted by Crippen LogP contribution is 2.38. The van der Waals surface area contributed by atoms with E-state index in [0.29, 0.717) is 48.2 Å². The number of nitrogens with one attached hydrogen (secondary N) is 2. The highest BCUT2D eigenvalue weighted by atomic mass is 32.1. The predicted octanol–water partition coefficient (Wildman–Crippen LogP) is 3.20. The van der Waals surface area contributed by atoms with Gasteiger partial charge in [0.25, 0.3) is 5.91 Å². The van der Waals surface area contributed by atoms with Gasteiger partial charge in [-0.2, -0.15) is 0 Å². The van der Waals surface area contributed by atoms with Gasteiger partial charge in [-0.1, -0.05) is 11.3 Å². The SMILES string of the molecule is O=C1CCc2cc(C(=O)Nc3nc4cc5c(cc4s3)OCCO5)ccc2N1. The Morgan fingerprint density at radius 3 is 2.78 bits per heavy atom. The molecule has 0 saturated carbocycles. The molecule has 3 aromatic rings. The van der Waals surface area contributed by atoms with Gasteiger partial charge in [0.2, 0.25) is 5.91 Å². The fourth-order valence-corrected chi connectivity index (χ4v) is 4.08. The lowest BCUT2D eigenvalue weighted by atomic mass is 10.0. The zero-order chi connectivity index (χ0) is 18.4. The molecule has 5 rings (SSSR count). The van der Waals surface area contributed by atoms with Crippen LogP contribution in [0, 0.1) is 0 Å². The maximum absolute atomic E-state index is 12.6. The van der Waals surface area contributed by atoms with E-state index < -0.39 is 0 Å². The van der Waals surface area contributed by atoms with E-state index >= 15 is 0 Å². The molecule has 0 unspecified atom stereocenters. The molecule has 136 valence electrons. The number of rotatable bonds is 2. The third-order valence-electron chi connectivity index (χ3n) is 4.54. The molecule has 2 aliphatic heterocycles. The molecule has 7 nitrogen and oxygen atoms in total. The zero-order valence-corrected chi connectivity index (χ0v) is 15.0. The van der Waals surface area contributed by atoms with Gasteiger partial charge in [0, 0.05) is 29.8 Å². The van der Waals surface area contributed by atoms with Crippen molar-refractivity contribution in [3.8, 4) is 11.5 Å². The van der Waals surface area contributed by atoms with E-state index in [0.717, 1.165) is 21.5 Å². The van der Waals surface area contributed by atoms with Crippen LogP contribution in [0.3, 0.4) is 0 Å². The summed E-state index contributed by atoms with van der Waals surface area (Å²) in [5, 5.41) is 6.19. The molecule has 0 aliphatic carbocycles. The van der Waals surface area contributed by atoms with Crippen molar-refractivity contribution in [1.82, 2.24) is 4.98 Å². The van der Waals surface area contributed by atoms with Crippen LogP contribution in [0.5, 0.6) is 11.5 Å². The minimum atomic E-state index is -0.231. The summed E-state index contributed by atoms with van der Waals surface area (Å²) < 4.78 is 12.1. The van der Waals surface area contributed by atoms with Crippen LogP contribution in [0.25, 0.3) is 10.2 Å². The van der Waals surface area contributed by atoms with E-state index in [9.17, 15) is 9.59 Å². The molecule has 2 aliphatic rings. The van der Waals surface area contributed by atoms with Gasteiger partial charge in [-0.25, -0.2) is 4.98 Å². The van der Waals surface area contributed by atoms with Crippen LogP contribution in [0.4, 0.5) is 10.8 Å². The van der Waals surface area contributed by atoms with Crippen LogP contribution < -0.4 is 20.1 Å². The number of nitrogens with zero attached hydrogens (tertiary/aromatic N) is 1. The number of aromatic nitrogens is 1. The number of ether oxygens (including phenoxy) is 2. The van der Waals surface area contributed by atoms with E-state index in [2.05, 4.69) is 15.6 Å². The van der Waals surface area contributed by atoms with Crippen LogP contribution in [-0.2, 0) is 11.2 Å². The first-order valence-corrected chi connectivity index (χ1v) is 9.42. The molecule has 2 aromatic carbocycles. The molecule has 8 heteroatoms. The Labute approximate surface area is 158 Å². The van der Waals surface area contributed by atoms with Gasteiger partial charge in [-0.05, 0) is 30.2 Å². The third kappa shape index (κ3) is 2.97. The second-order valence-electron chi connectivity index (χ2n) is 6.36. The number of carbonyl (C=O) groups is 2. The summed E-state index contributed by atoms with van der Waals surface area (Å²) in [5.41, 5.74) is 3.03. The van der Waals surface area contributed by atoms with Crippen molar-refractivity contribution in [1.29, 1.82) is 0 Å². The van der Waals surface area contributed by atoms with E-state index in [4.69, 9.17) is 9.47 Å². The summed E-state index contributed by atoms with van der Waals surface area (Å²) >= 11 is 1.39. The number of benzene rings is 2. The van der Waals surface area contributed by atoms with Crippen LogP contribution in [0.2, 0.25) is 0 Å². The van der Waals surface area contributed by atoms with Gasteiger partial charge >= 0.3 is 0 Å². The third-order valence-corrected chi connectivity index (χ3v) is 5.47. The topological polar surface area (TPSA) is 89.6 Å². The Bertz CT molecular complexity index is 1050. The Hall–Kier alpha value is -3.13. The molecule has 3 heterocycles. The van der Waals surface area contributed by atoms with Gasteiger partial charge in [-0.3, -0.25) is 14.9 Å². The van der Waals surface area contributed by atoms with E-state index in [1.54, 1.807) is 12.1 Å². The van der Waals surface area contributed by atoms with E-state index in [1.165, 1.54) is 11.3 Å². The molecule has 0 atom stereocenters. The normalized spacial score (nSPS) is 15.2. The van der Waals surface area contributed by atoms with Gasteiger partial charge in [0.1, 0.15) is 13.2 Å². The van der Waals surface area contributed by atoms with Gasteiger partial charge in [0.15, 0.2) is 16.6 Å². The number of thiazole rings is 1. The molecule has 2 amide bonds. The molecular weight excluding hydrogens is 366 g/mol. The maximum Gasteiger partial charge on any atom is 0.257 e. The van der Waals surface area contributed by atoms with Crippen LogP contribution >= 0.6 is 11.3 Å². The largest absolute Gasteiger partial charge is 0.486 e. The number of fused-ring (bicyclic) bond motifs is 3. The van der Waals surface area contributed by atoms with Crippen molar-refractivity contribution < 1.29 is 19.1 Å². The number of aryl methyl sites for hydroxylation is 1. The lowest BCUT2D eigenvalue weighted by Crippen LogP contribution is -2.20. The monoisotopic (exact) mass is 381 g/mol. The van der Waals surface area contributed by atoms with E-state index in [-0.39, 0.29) is 11.8 Å².